The maximum absolute atomic E-state index is 13.9. The summed E-state index contributed by atoms with van der Waals surface area (Å²) < 4.78 is 33.5. The molecule has 3 heterocycles. The van der Waals surface area contributed by atoms with Crippen molar-refractivity contribution in [1.82, 2.24) is 19.6 Å². The molecule has 0 spiro atoms. The van der Waals surface area contributed by atoms with E-state index in [2.05, 4.69) is 35.9 Å². The summed E-state index contributed by atoms with van der Waals surface area (Å²) in [5.41, 5.74) is 0.364. The van der Waals surface area contributed by atoms with Crippen molar-refractivity contribution in [3.8, 4) is 5.88 Å². The van der Waals surface area contributed by atoms with E-state index in [-0.39, 0.29) is 29.7 Å². The number of halogens is 3. The van der Waals surface area contributed by atoms with E-state index < -0.39 is 17.9 Å². The predicted octanol–water partition coefficient (Wildman–Crippen LogP) is 3.00. The van der Waals surface area contributed by atoms with Crippen LogP contribution in [-0.2, 0) is 11.5 Å². The highest BCUT2D eigenvalue weighted by molar-refractivity contribution is 9.10. The van der Waals surface area contributed by atoms with E-state index in [9.17, 15) is 18.8 Å². The molecule has 3 aromatic heterocycles. The number of aliphatic hydroxyl groups excluding tert-OH is 1. The molecule has 3 aromatic rings. The summed E-state index contributed by atoms with van der Waals surface area (Å²) in [6.07, 6.45) is 5.19. The Hall–Kier alpha value is -2.86. The van der Waals surface area contributed by atoms with E-state index >= 15 is 0 Å². The molecule has 1 N–H and O–H groups in total. The highest BCUT2D eigenvalue weighted by atomic mass is 79.9. The molecule has 4 rings (SSSR count). The van der Waals surface area contributed by atoms with Crippen LogP contribution >= 0.6 is 15.9 Å². The molecule has 164 valence electrons. The monoisotopic (exact) mass is 497 g/mol. The molecule has 0 amide bonds. The maximum atomic E-state index is 13.9. The zero-order valence-corrected chi connectivity index (χ0v) is 17.9. The number of anilines is 1. The molecule has 31 heavy (non-hydrogen) atoms. The number of carbonyl (C=O) groups is 1. The summed E-state index contributed by atoms with van der Waals surface area (Å²) in [4.78, 5) is 25.3. The van der Waals surface area contributed by atoms with Crippen LogP contribution in [-0.4, -0.2) is 49.9 Å². The van der Waals surface area contributed by atoms with Crippen LogP contribution in [0.2, 0.25) is 0 Å². The van der Waals surface area contributed by atoms with E-state index in [1.807, 2.05) is 0 Å². The number of hydrogen-bond acceptors (Lipinski definition) is 8. The Morgan fingerprint density at radius 3 is 2.90 bits per heavy atom. The van der Waals surface area contributed by atoms with E-state index in [1.165, 1.54) is 17.7 Å². The predicted molar refractivity (Wildman–Crippen MR) is 108 cm³/mol. The molecular formula is C19H18BrF2N5O4. The summed E-state index contributed by atoms with van der Waals surface area (Å²) in [6.45, 7) is 0.120. The van der Waals surface area contributed by atoms with Gasteiger partial charge in [-0.15, -0.1) is 0 Å². The van der Waals surface area contributed by atoms with Gasteiger partial charge in [-0.2, -0.15) is 5.10 Å². The topological polar surface area (TPSA) is 102 Å². The number of nitrogens with zero attached hydrogens (tertiary/aromatic N) is 5. The first-order valence-electron chi connectivity index (χ1n) is 9.42. The second-order valence-corrected chi connectivity index (χ2v) is 7.97. The highest BCUT2D eigenvalue weighted by Crippen LogP contribution is 2.35. The minimum absolute atomic E-state index is 0.0719. The third-order valence-electron chi connectivity index (χ3n) is 5.26. The summed E-state index contributed by atoms with van der Waals surface area (Å²) in [7, 11) is 1.43. The Balaban J connectivity index is 1.84. The summed E-state index contributed by atoms with van der Waals surface area (Å²) in [5.74, 6) is -1.16. The van der Waals surface area contributed by atoms with Gasteiger partial charge in [-0.05, 0) is 41.3 Å². The fourth-order valence-electron chi connectivity index (χ4n) is 3.85. The quantitative estimate of drug-likeness (QED) is 0.554. The zero-order valence-electron chi connectivity index (χ0n) is 16.3. The van der Waals surface area contributed by atoms with Crippen molar-refractivity contribution in [2.45, 2.75) is 38.0 Å². The summed E-state index contributed by atoms with van der Waals surface area (Å²) in [6, 6.07) is 0.968. The van der Waals surface area contributed by atoms with Gasteiger partial charge in [0.2, 0.25) is 5.88 Å². The van der Waals surface area contributed by atoms with Crippen molar-refractivity contribution in [2.75, 3.05) is 12.0 Å². The molecule has 1 aliphatic carbocycles. The van der Waals surface area contributed by atoms with Crippen LogP contribution in [0.25, 0.3) is 5.65 Å². The van der Waals surface area contributed by atoms with Crippen molar-refractivity contribution in [2.24, 2.45) is 0 Å². The lowest BCUT2D eigenvalue weighted by molar-refractivity contribution is -0.0786. The molecule has 0 aromatic carbocycles. The SMILES string of the molecule is COc1ncc(F)cc1CN(c1nc2c(C(=O)OF)cnn2cc1Br)C1CCCC1O. The number of ether oxygens (including phenoxy) is 1. The standard InChI is InChI=1S/C19H18BrF2N5O4/c1-30-18-10(5-11(21)6-23-18)8-26(14-3-2-4-15(14)28)17-13(20)9-27-16(25-17)12(7-24-27)19(29)31-22/h5-7,9,14-15,28H,2-4,8H2,1H3. The first kappa shape index (κ1) is 21.4. The van der Waals surface area contributed by atoms with Gasteiger partial charge in [-0.3, -0.25) is 0 Å². The van der Waals surface area contributed by atoms with Crippen LogP contribution in [0.15, 0.2) is 29.1 Å². The van der Waals surface area contributed by atoms with Gasteiger partial charge in [0, 0.05) is 16.3 Å². The fraction of sp³-hybridized carbons (Fsp3) is 0.368. The summed E-state index contributed by atoms with van der Waals surface area (Å²) >= 11 is 3.45. The maximum Gasteiger partial charge on any atom is 0.384 e. The van der Waals surface area contributed by atoms with Gasteiger partial charge in [0.1, 0.15) is 17.2 Å². The number of aliphatic hydroxyl groups is 1. The lowest BCUT2D eigenvalue weighted by Gasteiger charge is -2.33. The number of rotatable bonds is 6. The molecule has 1 aliphatic rings. The third kappa shape index (κ3) is 4.04. The van der Waals surface area contributed by atoms with Gasteiger partial charge in [-0.1, -0.05) is 0 Å². The Kier molecular flexibility index (Phi) is 6.01. The molecule has 0 aliphatic heterocycles. The van der Waals surface area contributed by atoms with E-state index in [1.54, 1.807) is 11.1 Å². The smallest absolute Gasteiger partial charge is 0.384 e. The van der Waals surface area contributed by atoms with Crippen LogP contribution < -0.4 is 9.64 Å². The molecule has 9 nitrogen and oxygen atoms in total. The van der Waals surface area contributed by atoms with Crippen LogP contribution in [0, 0.1) is 5.82 Å². The van der Waals surface area contributed by atoms with Crippen LogP contribution in [0.4, 0.5) is 14.7 Å². The second-order valence-electron chi connectivity index (χ2n) is 7.12. The number of pyridine rings is 1. The molecular weight excluding hydrogens is 480 g/mol. The van der Waals surface area contributed by atoms with Crippen molar-refractivity contribution in [1.29, 1.82) is 0 Å². The molecule has 1 saturated carbocycles. The molecule has 0 bridgehead atoms. The lowest BCUT2D eigenvalue weighted by atomic mass is 10.1. The highest BCUT2D eigenvalue weighted by Gasteiger charge is 2.34. The number of hydrogen-bond donors (Lipinski definition) is 1. The zero-order chi connectivity index (χ0) is 22.1. The molecule has 12 heteroatoms. The molecule has 0 radical (unpaired) electrons. The van der Waals surface area contributed by atoms with Crippen molar-refractivity contribution >= 4 is 33.4 Å². The van der Waals surface area contributed by atoms with Crippen LogP contribution in [0.1, 0.15) is 35.2 Å². The van der Waals surface area contributed by atoms with E-state index in [0.29, 0.717) is 28.7 Å². The fourth-order valence-corrected chi connectivity index (χ4v) is 4.36. The van der Waals surface area contributed by atoms with Gasteiger partial charge < -0.3 is 14.7 Å². The Morgan fingerprint density at radius 2 is 2.23 bits per heavy atom. The average molecular weight is 498 g/mol. The van der Waals surface area contributed by atoms with Gasteiger partial charge in [0.05, 0.1) is 42.7 Å². The van der Waals surface area contributed by atoms with Gasteiger partial charge in [0.25, 0.3) is 0 Å². The third-order valence-corrected chi connectivity index (χ3v) is 5.82. The summed E-state index contributed by atoms with van der Waals surface area (Å²) in [5, 5.41) is 14.6. The minimum atomic E-state index is -1.22. The van der Waals surface area contributed by atoms with Crippen molar-refractivity contribution < 1.29 is 28.5 Å². The van der Waals surface area contributed by atoms with Crippen molar-refractivity contribution in [3.05, 3.63) is 46.1 Å². The Morgan fingerprint density at radius 1 is 1.42 bits per heavy atom. The molecule has 2 unspecified atom stereocenters. The average Bonchev–Trinajstić information content (AvgIpc) is 3.37. The Bertz CT molecular complexity index is 1130. The molecule has 0 saturated heterocycles. The number of methoxy groups -OCH3 is 1. The molecule has 2 atom stereocenters. The minimum Gasteiger partial charge on any atom is -0.481 e. The van der Waals surface area contributed by atoms with E-state index in [0.717, 1.165) is 18.8 Å². The second kappa shape index (κ2) is 8.71. The van der Waals surface area contributed by atoms with Crippen LogP contribution in [0.5, 0.6) is 5.88 Å². The lowest BCUT2D eigenvalue weighted by Crippen LogP contribution is -2.41. The molecule has 1 fully saturated rings. The van der Waals surface area contributed by atoms with Gasteiger partial charge in [0.15, 0.2) is 5.65 Å². The number of fused-ring (bicyclic) bond motifs is 1. The first-order valence-corrected chi connectivity index (χ1v) is 10.2. The Labute approximate surface area is 183 Å². The van der Waals surface area contributed by atoms with Crippen molar-refractivity contribution in [3.63, 3.8) is 0 Å². The van der Waals surface area contributed by atoms with Gasteiger partial charge in [-0.25, -0.2) is 28.6 Å². The normalized spacial score (nSPS) is 18.4. The van der Waals surface area contributed by atoms with Gasteiger partial charge >= 0.3 is 5.97 Å². The number of carbonyl (C=O) groups excluding carboxylic acids is 1. The van der Waals surface area contributed by atoms with E-state index in [4.69, 9.17) is 4.74 Å². The first-order chi connectivity index (χ1) is 14.9. The number of aromatic nitrogens is 4. The largest absolute Gasteiger partial charge is 0.481 e. The van der Waals surface area contributed by atoms with Crippen LogP contribution in [0.3, 0.4) is 0 Å².